The van der Waals surface area contributed by atoms with E-state index in [1.165, 1.54) is 0 Å². The predicted octanol–water partition coefficient (Wildman–Crippen LogP) is 2.63. The first kappa shape index (κ1) is 15.7. The van der Waals surface area contributed by atoms with Gasteiger partial charge in [0.25, 0.3) is 0 Å². The summed E-state index contributed by atoms with van der Waals surface area (Å²) in [4.78, 5) is 0. The lowest BCUT2D eigenvalue weighted by atomic mass is 9.99. The highest BCUT2D eigenvalue weighted by Gasteiger charge is 2.27. The third-order valence-electron chi connectivity index (χ3n) is 3.46. The zero-order valence-electron chi connectivity index (χ0n) is 13.0. The minimum Gasteiger partial charge on any atom is -0.372 e. The van der Waals surface area contributed by atoms with Crippen molar-refractivity contribution in [2.24, 2.45) is 7.05 Å². The minimum atomic E-state index is -0.0556. The van der Waals surface area contributed by atoms with E-state index >= 15 is 0 Å². The summed E-state index contributed by atoms with van der Waals surface area (Å²) in [5.74, 6) is 0. The molecular weight excluding hydrogens is 264 g/mol. The Morgan fingerprint density at radius 2 is 2.00 bits per heavy atom. The summed E-state index contributed by atoms with van der Waals surface area (Å²) in [7, 11) is 1.91. The van der Waals surface area contributed by atoms with Crippen molar-refractivity contribution in [2.75, 3.05) is 13.2 Å². The molecule has 0 aliphatic carbocycles. The van der Waals surface area contributed by atoms with Crippen molar-refractivity contribution in [2.45, 2.75) is 32.4 Å². The third kappa shape index (κ3) is 3.89. The molecule has 5 heteroatoms. The Balaban J connectivity index is 2.33. The predicted molar refractivity (Wildman–Crippen MR) is 82.8 cm³/mol. The lowest BCUT2D eigenvalue weighted by Crippen LogP contribution is -2.31. The fourth-order valence-corrected chi connectivity index (χ4v) is 2.45. The quantitative estimate of drug-likeness (QED) is 0.811. The molecule has 0 radical (unpaired) electrons. The average molecular weight is 288 g/mol. The number of nitrogens with zero attached hydrogens (tertiary/aromatic N) is 3. The van der Waals surface area contributed by atoms with Crippen molar-refractivity contribution >= 4 is 0 Å². The van der Waals surface area contributed by atoms with Gasteiger partial charge in [-0.2, -0.15) is 0 Å². The highest BCUT2D eigenvalue weighted by atomic mass is 16.5. The van der Waals surface area contributed by atoms with Crippen molar-refractivity contribution in [1.82, 2.24) is 20.3 Å². The second kappa shape index (κ2) is 7.90. The Morgan fingerprint density at radius 1 is 1.24 bits per heavy atom. The van der Waals surface area contributed by atoms with Crippen molar-refractivity contribution in [3.05, 3.63) is 47.8 Å². The Bertz CT molecular complexity index is 526. The molecule has 2 atom stereocenters. The number of ether oxygens (including phenoxy) is 1. The molecule has 1 aromatic carbocycles. The molecule has 2 rings (SSSR count). The van der Waals surface area contributed by atoms with E-state index < -0.39 is 0 Å². The highest BCUT2D eigenvalue weighted by Crippen LogP contribution is 2.31. The molecule has 0 saturated heterocycles. The average Bonchev–Trinajstić information content (AvgIpc) is 2.93. The van der Waals surface area contributed by atoms with Gasteiger partial charge in [-0.25, -0.2) is 0 Å². The summed E-state index contributed by atoms with van der Waals surface area (Å²) < 4.78 is 7.84. The molecule has 1 N–H and O–H groups in total. The molecule has 5 nitrogen and oxygen atoms in total. The van der Waals surface area contributed by atoms with E-state index in [1.54, 1.807) is 0 Å². The molecule has 2 aromatic rings. The van der Waals surface area contributed by atoms with Gasteiger partial charge < -0.3 is 10.1 Å². The first-order valence-corrected chi connectivity index (χ1v) is 7.52. The molecule has 0 aliphatic rings. The maximum Gasteiger partial charge on any atom is 0.103 e. The lowest BCUT2D eigenvalue weighted by Gasteiger charge is -2.28. The second-order valence-electron chi connectivity index (χ2n) is 5.00. The van der Waals surface area contributed by atoms with E-state index in [4.69, 9.17) is 4.74 Å². The van der Waals surface area contributed by atoms with Gasteiger partial charge in [-0.3, -0.25) is 4.68 Å². The second-order valence-corrected chi connectivity index (χ2v) is 5.00. The van der Waals surface area contributed by atoms with Gasteiger partial charge in [0.05, 0.1) is 17.9 Å². The minimum absolute atomic E-state index is 0.0345. The van der Waals surface area contributed by atoms with E-state index in [2.05, 4.69) is 34.7 Å². The van der Waals surface area contributed by atoms with Crippen LogP contribution in [-0.2, 0) is 11.8 Å². The van der Waals surface area contributed by atoms with Crippen LogP contribution < -0.4 is 5.32 Å². The monoisotopic (exact) mass is 288 g/mol. The fraction of sp³-hybridized carbons (Fsp3) is 0.500. The Morgan fingerprint density at radius 3 is 2.57 bits per heavy atom. The molecule has 0 fully saturated rings. The van der Waals surface area contributed by atoms with Crippen LogP contribution in [0.1, 0.15) is 43.7 Å². The molecule has 21 heavy (non-hydrogen) atoms. The molecular formula is C16H24N4O. The highest BCUT2D eigenvalue weighted by molar-refractivity contribution is 5.22. The van der Waals surface area contributed by atoms with Crippen molar-refractivity contribution < 1.29 is 4.74 Å². The maximum absolute atomic E-state index is 6.03. The number of aryl methyl sites for hydroxylation is 1. The number of rotatable bonds is 8. The van der Waals surface area contributed by atoms with Gasteiger partial charge in [0.2, 0.25) is 0 Å². The van der Waals surface area contributed by atoms with Crippen LogP contribution in [0.3, 0.4) is 0 Å². The van der Waals surface area contributed by atoms with Crippen LogP contribution in [0.25, 0.3) is 0 Å². The molecule has 0 spiro atoms. The summed E-state index contributed by atoms with van der Waals surface area (Å²) in [6.07, 6.45) is 2.82. The van der Waals surface area contributed by atoms with Gasteiger partial charge in [0, 0.05) is 13.7 Å². The fourth-order valence-electron chi connectivity index (χ4n) is 2.45. The first-order chi connectivity index (χ1) is 10.3. The Hall–Kier alpha value is -1.72. The van der Waals surface area contributed by atoms with Gasteiger partial charge in [-0.15, -0.1) is 5.10 Å². The van der Waals surface area contributed by atoms with E-state index in [1.807, 2.05) is 43.0 Å². The Labute approximate surface area is 126 Å². The van der Waals surface area contributed by atoms with Crippen LogP contribution in [0.2, 0.25) is 0 Å². The molecule has 1 heterocycles. The molecule has 2 unspecified atom stereocenters. The lowest BCUT2D eigenvalue weighted by molar-refractivity contribution is 0.0306. The van der Waals surface area contributed by atoms with Gasteiger partial charge in [-0.1, -0.05) is 42.5 Å². The Kier molecular flexibility index (Phi) is 5.90. The van der Waals surface area contributed by atoms with Crippen LogP contribution >= 0.6 is 0 Å². The van der Waals surface area contributed by atoms with Crippen molar-refractivity contribution in [3.8, 4) is 0 Å². The molecule has 0 bridgehead atoms. The number of hydrogen-bond acceptors (Lipinski definition) is 4. The third-order valence-corrected chi connectivity index (χ3v) is 3.46. The first-order valence-electron chi connectivity index (χ1n) is 7.52. The number of nitrogens with one attached hydrogen (secondary N) is 1. The SMILES string of the molecule is CCCNC(c1cnnn1C)C(OCC)c1ccccc1. The van der Waals surface area contributed by atoms with Crippen LogP contribution in [0.5, 0.6) is 0 Å². The molecule has 114 valence electrons. The summed E-state index contributed by atoms with van der Waals surface area (Å²) in [5, 5.41) is 11.6. The van der Waals surface area contributed by atoms with Crippen molar-refractivity contribution in [3.63, 3.8) is 0 Å². The van der Waals surface area contributed by atoms with Crippen molar-refractivity contribution in [1.29, 1.82) is 0 Å². The summed E-state index contributed by atoms with van der Waals surface area (Å²) in [5.41, 5.74) is 2.19. The number of hydrogen-bond donors (Lipinski definition) is 1. The summed E-state index contributed by atoms with van der Waals surface area (Å²) in [6.45, 7) is 5.76. The van der Waals surface area contributed by atoms with Crippen LogP contribution in [0.4, 0.5) is 0 Å². The number of aromatic nitrogens is 3. The van der Waals surface area contributed by atoms with Gasteiger partial charge in [-0.05, 0) is 25.5 Å². The topological polar surface area (TPSA) is 52.0 Å². The largest absolute Gasteiger partial charge is 0.372 e. The normalized spacial score (nSPS) is 14.0. The maximum atomic E-state index is 6.03. The summed E-state index contributed by atoms with van der Waals surface area (Å²) >= 11 is 0. The summed E-state index contributed by atoms with van der Waals surface area (Å²) in [6, 6.07) is 10.3. The van der Waals surface area contributed by atoms with Crippen LogP contribution in [-0.4, -0.2) is 28.1 Å². The smallest absolute Gasteiger partial charge is 0.103 e. The van der Waals surface area contributed by atoms with Gasteiger partial charge in [0.1, 0.15) is 6.10 Å². The molecule has 0 amide bonds. The standard InChI is InChI=1S/C16H24N4O/c1-4-11-17-15(14-12-18-19-20(14)3)16(21-5-2)13-9-7-6-8-10-13/h6-10,12,15-17H,4-5,11H2,1-3H3. The molecule has 0 saturated carbocycles. The molecule has 0 aliphatic heterocycles. The van der Waals surface area contributed by atoms with Gasteiger partial charge in [0.15, 0.2) is 0 Å². The van der Waals surface area contributed by atoms with E-state index in [0.717, 1.165) is 24.2 Å². The van der Waals surface area contributed by atoms with E-state index in [9.17, 15) is 0 Å². The van der Waals surface area contributed by atoms with Crippen LogP contribution in [0, 0.1) is 0 Å². The zero-order valence-corrected chi connectivity index (χ0v) is 13.0. The number of benzene rings is 1. The van der Waals surface area contributed by atoms with Crippen LogP contribution in [0.15, 0.2) is 36.5 Å². The molecule has 1 aromatic heterocycles. The van der Waals surface area contributed by atoms with Gasteiger partial charge >= 0.3 is 0 Å². The van der Waals surface area contributed by atoms with E-state index in [0.29, 0.717) is 6.61 Å². The zero-order chi connectivity index (χ0) is 15.1. The van der Waals surface area contributed by atoms with E-state index in [-0.39, 0.29) is 12.1 Å².